The number of aromatic nitrogens is 2. The van der Waals surface area contributed by atoms with E-state index in [1.165, 1.54) is 17.7 Å². The maximum atomic E-state index is 13.4. The number of anilines is 1. The van der Waals surface area contributed by atoms with Gasteiger partial charge >= 0.3 is 0 Å². The lowest BCUT2D eigenvalue weighted by atomic mass is 9.99. The van der Waals surface area contributed by atoms with Gasteiger partial charge in [0.15, 0.2) is 0 Å². The van der Waals surface area contributed by atoms with Gasteiger partial charge in [-0.3, -0.25) is 4.90 Å². The molecule has 0 amide bonds. The summed E-state index contributed by atoms with van der Waals surface area (Å²) in [6.45, 7) is 6.62. The summed E-state index contributed by atoms with van der Waals surface area (Å²) >= 11 is 0. The zero-order chi connectivity index (χ0) is 23.5. The number of hydrogen-bond donors (Lipinski definition) is 0. The van der Waals surface area contributed by atoms with Gasteiger partial charge in [-0.25, -0.2) is 9.37 Å². The summed E-state index contributed by atoms with van der Waals surface area (Å²) in [6, 6.07) is 14.3. The first-order valence-corrected chi connectivity index (χ1v) is 12.0. The number of nitrogens with zero attached hydrogens (tertiary/aromatic N) is 4. The average molecular weight is 463 g/mol. The minimum atomic E-state index is -0.287. The Morgan fingerprint density at radius 1 is 1.00 bits per heavy atom. The van der Waals surface area contributed by atoms with Gasteiger partial charge < -0.3 is 14.4 Å². The van der Waals surface area contributed by atoms with Crippen molar-refractivity contribution >= 4 is 5.95 Å². The van der Waals surface area contributed by atoms with E-state index in [0.29, 0.717) is 18.2 Å². The smallest absolute Gasteiger partial charge is 0.228 e. The molecule has 1 fully saturated rings. The van der Waals surface area contributed by atoms with Crippen molar-refractivity contribution in [2.24, 2.45) is 5.92 Å². The van der Waals surface area contributed by atoms with Crippen LogP contribution in [0.15, 0.2) is 48.5 Å². The Hall–Kier alpha value is -3.19. The van der Waals surface area contributed by atoms with Crippen molar-refractivity contribution in [1.29, 1.82) is 0 Å². The number of benzene rings is 2. The van der Waals surface area contributed by atoms with Crippen LogP contribution in [0.1, 0.15) is 36.6 Å². The molecule has 178 valence electrons. The molecule has 1 saturated heterocycles. The van der Waals surface area contributed by atoms with E-state index in [-0.39, 0.29) is 5.82 Å². The Balaban J connectivity index is 1.43. The summed E-state index contributed by atoms with van der Waals surface area (Å²) < 4.78 is 25.1. The van der Waals surface area contributed by atoms with Crippen LogP contribution in [0.25, 0.3) is 0 Å². The third-order valence-corrected chi connectivity index (χ3v) is 6.72. The number of halogens is 1. The molecule has 7 heteroatoms. The van der Waals surface area contributed by atoms with Crippen LogP contribution >= 0.6 is 0 Å². The van der Waals surface area contributed by atoms with Crippen LogP contribution in [0.2, 0.25) is 0 Å². The fourth-order valence-corrected chi connectivity index (χ4v) is 4.64. The molecular formula is C27H31FN4O2. The lowest BCUT2D eigenvalue weighted by Crippen LogP contribution is -2.36. The van der Waals surface area contributed by atoms with Crippen molar-refractivity contribution in [3.05, 3.63) is 71.2 Å². The SMILES string of the molecule is COc1cccc(CN2CCc3nc(N4CCC(C)CC4)nc(Oc4ccc(F)cc4)c3C2)c1. The zero-order valence-electron chi connectivity index (χ0n) is 19.8. The molecule has 0 N–H and O–H groups in total. The molecule has 3 heterocycles. The predicted octanol–water partition coefficient (Wildman–Crippen LogP) is 5.21. The van der Waals surface area contributed by atoms with E-state index in [1.807, 2.05) is 12.1 Å². The average Bonchev–Trinajstić information content (AvgIpc) is 2.86. The van der Waals surface area contributed by atoms with Crippen LogP contribution in [-0.4, -0.2) is 41.6 Å². The third-order valence-electron chi connectivity index (χ3n) is 6.72. The summed E-state index contributed by atoms with van der Waals surface area (Å²) in [7, 11) is 1.69. The van der Waals surface area contributed by atoms with Crippen molar-refractivity contribution in [2.45, 2.75) is 39.3 Å². The van der Waals surface area contributed by atoms with Gasteiger partial charge in [0.1, 0.15) is 17.3 Å². The van der Waals surface area contributed by atoms with Gasteiger partial charge in [-0.1, -0.05) is 19.1 Å². The lowest BCUT2D eigenvalue weighted by Gasteiger charge is -2.33. The lowest BCUT2D eigenvalue weighted by molar-refractivity contribution is 0.237. The Morgan fingerprint density at radius 2 is 1.79 bits per heavy atom. The van der Waals surface area contributed by atoms with Crippen molar-refractivity contribution in [2.75, 3.05) is 31.6 Å². The summed E-state index contributed by atoms with van der Waals surface area (Å²) in [5.41, 5.74) is 3.25. The molecule has 0 radical (unpaired) electrons. The quantitative estimate of drug-likeness (QED) is 0.501. The molecule has 2 aromatic carbocycles. The molecule has 5 rings (SSSR count). The number of ether oxygens (including phenoxy) is 2. The van der Waals surface area contributed by atoms with Crippen molar-refractivity contribution in [1.82, 2.24) is 14.9 Å². The predicted molar refractivity (Wildman–Crippen MR) is 130 cm³/mol. The molecule has 0 spiro atoms. The van der Waals surface area contributed by atoms with E-state index >= 15 is 0 Å². The highest BCUT2D eigenvalue weighted by atomic mass is 19.1. The Labute approximate surface area is 200 Å². The first-order valence-electron chi connectivity index (χ1n) is 12.0. The monoisotopic (exact) mass is 462 g/mol. The van der Waals surface area contributed by atoms with Crippen LogP contribution in [0.4, 0.5) is 10.3 Å². The van der Waals surface area contributed by atoms with Crippen molar-refractivity contribution in [3.63, 3.8) is 0 Å². The van der Waals surface area contributed by atoms with Gasteiger partial charge in [-0.15, -0.1) is 0 Å². The summed E-state index contributed by atoms with van der Waals surface area (Å²) in [4.78, 5) is 14.5. The molecule has 2 aliphatic heterocycles. The van der Waals surface area contributed by atoms with Gasteiger partial charge in [0.2, 0.25) is 11.8 Å². The first kappa shape index (κ1) is 22.6. The number of rotatable bonds is 6. The molecule has 34 heavy (non-hydrogen) atoms. The number of fused-ring (bicyclic) bond motifs is 1. The molecule has 1 aromatic heterocycles. The van der Waals surface area contributed by atoms with Gasteiger partial charge in [0.25, 0.3) is 0 Å². The van der Waals surface area contributed by atoms with Crippen molar-refractivity contribution < 1.29 is 13.9 Å². The Bertz CT molecular complexity index is 1130. The summed E-state index contributed by atoms with van der Waals surface area (Å²) in [5.74, 6) is 3.19. The third kappa shape index (κ3) is 5.14. The molecule has 0 saturated carbocycles. The van der Waals surface area contributed by atoms with Crippen LogP contribution in [0, 0.1) is 11.7 Å². The van der Waals surface area contributed by atoms with Gasteiger partial charge in [-0.05, 0) is 60.7 Å². The molecule has 6 nitrogen and oxygen atoms in total. The van der Waals surface area contributed by atoms with Gasteiger partial charge in [0, 0.05) is 39.1 Å². The second-order valence-corrected chi connectivity index (χ2v) is 9.29. The van der Waals surface area contributed by atoms with Crippen LogP contribution < -0.4 is 14.4 Å². The van der Waals surface area contributed by atoms with Gasteiger partial charge in [0.05, 0.1) is 18.4 Å². The first-order chi connectivity index (χ1) is 16.6. The highest BCUT2D eigenvalue weighted by Crippen LogP contribution is 2.33. The molecule has 0 unspecified atom stereocenters. The molecule has 0 bridgehead atoms. The second-order valence-electron chi connectivity index (χ2n) is 9.29. The molecular weight excluding hydrogens is 431 g/mol. The minimum Gasteiger partial charge on any atom is -0.497 e. The zero-order valence-corrected chi connectivity index (χ0v) is 19.8. The molecule has 2 aliphatic rings. The van der Waals surface area contributed by atoms with Crippen LogP contribution in [0.5, 0.6) is 17.4 Å². The van der Waals surface area contributed by atoms with E-state index < -0.39 is 0 Å². The maximum Gasteiger partial charge on any atom is 0.228 e. The Kier molecular flexibility index (Phi) is 6.63. The fraction of sp³-hybridized carbons (Fsp3) is 0.407. The number of methoxy groups -OCH3 is 1. The summed E-state index contributed by atoms with van der Waals surface area (Å²) in [6.07, 6.45) is 3.12. The normalized spacial score (nSPS) is 16.9. The fourth-order valence-electron chi connectivity index (χ4n) is 4.64. The highest BCUT2D eigenvalue weighted by molar-refractivity contribution is 5.44. The maximum absolute atomic E-state index is 13.4. The van der Waals surface area contributed by atoms with Crippen molar-refractivity contribution in [3.8, 4) is 17.4 Å². The van der Waals surface area contributed by atoms with Crippen LogP contribution in [-0.2, 0) is 19.5 Å². The van der Waals surface area contributed by atoms with E-state index in [9.17, 15) is 4.39 Å². The molecule has 0 atom stereocenters. The van der Waals surface area contributed by atoms with E-state index in [2.05, 4.69) is 28.9 Å². The van der Waals surface area contributed by atoms with E-state index in [4.69, 9.17) is 19.4 Å². The van der Waals surface area contributed by atoms with E-state index in [0.717, 1.165) is 74.3 Å². The standard InChI is InChI=1S/C27H31FN4O2/c1-19-10-14-32(15-11-19)27-29-25-12-13-31(17-20-4-3-5-23(16-20)33-2)18-24(25)26(30-27)34-22-8-6-21(28)7-9-22/h3-9,16,19H,10-15,17-18H2,1-2H3. The number of hydrogen-bond acceptors (Lipinski definition) is 6. The topological polar surface area (TPSA) is 50.7 Å². The van der Waals surface area contributed by atoms with Gasteiger partial charge in [-0.2, -0.15) is 4.98 Å². The van der Waals surface area contributed by atoms with E-state index in [1.54, 1.807) is 19.2 Å². The highest BCUT2D eigenvalue weighted by Gasteiger charge is 2.27. The summed E-state index contributed by atoms with van der Waals surface area (Å²) in [5, 5.41) is 0. The largest absolute Gasteiger partial charge is 0.497 e. The number of piperidine rings is 1. The Morgan fingerprint density at radius 3 is 2.56 bits per heavy atom. The molecule has 0 aliphatic carbocycles. The minimum absolute atomic E-state index is 0.287. The van der Waals surface area contributed by atoms with Crippen LogP contribution in [0.3, 0.4) is 0 Å². The second kappa shape index (κ2) is 9.97. The molecule has 3 aromatic rings.